The molecule has 0 bridgehead atoms. The molecule has 0 amide bonds. The van der Waals surface area contributed by atoms with Crippen LogP contribution in [0.1, 0.15) is 5.56 Å². The molecule has 0 spiro atoms. The average Bonchev–Trinajstić information content (AvgIpc) is 2.56. The third-order valence-corrected chi connectivity index (χ3v) is 3.01. The Bertz CT molecular complexity index is 729. The zero-order valence-corrected chi connectivity index (χ0v) is 12.5. The van der Waals surface area contributed by atoms with Gasteiger partial charge in [0.25, 0.3) is 5.69 Å². The zero-order valence-electron chi connectivity index (χ0n) is 12.5. The van der Waals surface area contributed by atoms with Crippen molar-refractivity contribution < 1.29 is 19.5 Å². The van der Waals surface area contributed by atoms with Gasteiger partial charge in [-0.25, -0.2) is 0 Å². The van der Waals surface area contributed by atoms with Crippen molar-refractivity contribution in [3.63, 3.8) is 0 Å². The summed E-state index contributed by atoms with van der Waals surface area (Å²) in [6.07, 6.45) is 1.38. The highest BCUT2D eigenvalue weighted by Gasteiger charge is 2.10. The number of hydrogen-bond donors (Lipinski definition) is 2. The summed E-state index contributed by atoms with van der Waals surface area (Å²) in [6.45, 7) is 0. The van der Waals surface area contributed by atoms with Gasteiger partial charge in [0.15, 0.2) is 0 Å². The number of methoxy groups -OCH3 is 2. The van der Waals surface area contributed by atoms with E-state index >= 15 is 0 Å². The molecule has 0 saturated heterocycles. The molecule has 0 aliphatic carbocycles. The second-order valence-electron chi connectivity index (χ2n) is 4.44. The third-order valence-electron chi connectivity index (χ3n) is 3.01. The first kappa shape index (κ1) is 16.1. The van der Waals surface area contributed by atoms with Gasteiger partial charge in [-0.15, -0.1) is 0 Å². The normalized spacial score (nSPS) is 10.5. The number of phenolic OH excluding ortho intramolecular Hbond substituents is 1. The minimum atomic E-state index is -0.479. The number of rotatable bonds is 6. The lowest BCUT2D eigenvalue weighted by Crippen LogP contribution is -1.96. The number of hydrogen-bond acceptors (Lipinski definition) is 7. The van der Waals surface area contributed by atoms with Crippen molar-refractivity contribution in [1.82, 2.24) is 0 Å². The molecule has 0 aromatic heterocycles. The van der Waals surface area contributed by atoms with Gasteiger partial charge < -0.3 is 14.6 Å². The van der Waals surface area contributed by atoms with E-state index in [1.54, 1.807) is 6.07 Å². The van der Waals surface area contributed by atoms with E-state index in [-0.39, 0.29) is 11.4 Å². The van der Waals surface area contributed by atoms with Crippen molar-refractivity contribution in [3.05, 3.63) is 52.1 Å². The fourth-order valence-corrected chi connectivity index (χ4v) is 1.83. The van der Waals surface area contributed by atoms with E-state index < -0.39 is 4.92 Å². The second-order valence-corrected chi connectivity index (χ2v) is 4.44. The molecule has 8 nitrogen and oxygen atoms in total. The molecule has 0 heterocycles. The molecule has 2 N–H and O–H groups in total. The van der Waals surface area contributed by atoms with Gasteiger partial charge in [0.2, 0.25) is 0 Å². The van der Waals surface area contributed by atoms with Crippen LogP contribution in [0.5, 0.6) is 17.2 Å². The fourth-order valence-electron chi connectivity index (χ4n) is 1.83. The highest BCUT2D eigenvalue weighted by molar-refractivity contribution is 5.88. The van der Waals surface area contributed by atoms with E-state index in [0.29, 0.717) is 22.7 Å². The van der Waals surface area contributed by atoms with E-state index in [4.69, 9.17) is 9.47 Å². The summed E-state index contributed by atoms with van der Waals surface area (Å²) in [6, 6.07) is 8.84. The number of nitrogens with zero attached hydrogens (tertiary/aromatic N) is 2. The van der Waals surface area contributed by atoms with Crippen molar-refractivity contribution in [2.75, 3.05) is 19.6 Å². The topological polar surface area (TPSA) is 106 Å². The van der Waals surface area contributed by atoms with Crippen molar-refractivity contribution in [2.24, 2.45) is 5.10 Å². The minimum absolute atomic E-state index is 0.00556. The Balaban J connectivity index is 2.15. The standard InChI is InChI=1S/C15H15N3O5/c1-22-12-7-14(19)13(15(8-12)23-2)9-16-17-10-3-5-11(6-4-10)18(20)21/h3-9,17,19H,1-2H3/b16-9-. The van der Waals surface area contributed by atoms with Crippen LogP contribution in [0.25, 0.3) is 0 Å². The van der Waals surface area contributed by atoms with Crippen molar-refractivity contribution in [2.45, 2.75) is 0 Å². The number of anilines is 1. The van der Waals surface area contributed by atoms with Crippen molar-refractivity contribution in [1.29, 1.82) is 0 Å². The van der Waals surface area contributed by atoms with Gasteiger partial charge in [-0.3, -0.25) is 15.5 Å². The number of nitro groups is 1. The number of benzene rings is 2. The maximum Gasteiger partial charge on any atom is 0.269 e. The average molecular weight is 317 g/mol. The van der Waals surface area contributed by atoms with Crippen molar-refractivity contribution in [3.8, 4) is 17.2 Å². The summed E-state index contributed by atoms with van der Waals surface area (Å²) in [5.74, 6) is 0.811. The molecule has 0 fully saturated rings. The van der Waals surface area contributed by atoms with Crippen LogP contribution in [-0.2, 0) is 0 Å². The maximum atomic E-state index is 10.6. The number of nitrogens with one attached hydrogen (secondary N) is 1. The predicted octanol–water partition coefficient (Wildman–Crippen LogP) is 2.76. The molecule has 0 saturated carbocycles. The summed E-state index contributed by atoms with van der Waals surface area (Å²) in [5, 5.41) is 24.5. The number of ether oxygens (including phenoxy) is 2. The summed E-state index contributed by atoms with van der Waals surface area (Å²) < 4.78 is 10.2. The molecule has 0 aliphatic rings. The van der Waals surface area contributed by atoms with Crippen LogP contribution >= 0.6 is 0 Å². The van der Waals surface area contributed by atoms with Gasteiger partial charge in [-0.05, 0) is 12.1 Å². The first-order valence-corrected chi connectivity index (χ1v) is 6.53. The molecule has 8 heteroatoms. The monoisotopic (exact) mass is 317 g/mol. The van der Waals surface area contributed by atoms with Crippen LogP contribution < -0.4 is 14.9 Å². The highest BCUT2D eigenvalue weighted by Crippen LogP contribution is 2.31. The van der Waals surface area contributed by atoms with E-state index in [0.717, 1.165) is 0 Å². The maximum absolute atomic E-state index is 10.6. The van der Waals surface area contributed by atoms with Gasteiger partial charge in [-0.1, -0.05) is 0 Å². The number of aromatic hydroxyl groups is 1. The number of nitro benzene ring substituents is 1. The van der Waals surface area contributed by atoms with Crippen LogP contribution in [0, 0.1) is 10.1 Å². The molecule has 0 aliphatic heterocycles. The molecular weight excluding hydrogens is 302 g/mol. The first-order chi connectivity index (χ1) is 11.0. The smallest absolute Gasteiger partial charge is 0.269 e. The fraction of sp³-hybridized carbons (Fsp3) is 0.133. The summed E-state index contributed by atoms with van der Waals surface area (Å²) in [4.78, 5) is 10.1. The Kier molecular flexibility index (Phi) is 4.98. The Hall–Kier alpha value is -3.29. The second kappa shape index (κ2) is 7.12. The lowest BCUT2D eigenvalue weighted by Gasteiger charge is -2.09. The first-order valence-electron chi connectivity index (χ1n) is 6.53. The molecule has 23 heavy (non-hydrogen) atoms. The lowest BCUT2D eigenvalue weighted by molar-refractivity contribution is -0.384. The van der Waals surface area contributed by atoms with E-state index in [1.165, 1.54) is 50.8 Å². The van der Waals surface area contributed by atoms with E-state index in [9.17, 15) is 15.2 Å². The van der Waals surface area contributed by atoms with E-state index in [1.807, 2.05) is 0 Å². The molecule has 2 aromatic carbocycles. The van der Waals surface area contributed by atoms with Gasteiger partial charge >= 0.3 is 0 Å². The van der Waals surface area contributed by atoms with Crippen LogP contribution in [-0.4, -0.2) is 30.5 Å². The van der Waals surface area contributed by atoms with Crippen LogP contribution in [0.2, 0.25) is 0 Å². The Labute approximate surface area is 132 Å². The minimum Gasteiger partial charge on any atom is -0.507 e. The molecule has 120 valence electrons. The third kappa shape index (κ3) is 3.88. The Morgan fingerprint density at radius 2 is 1.91 bits per heavy atom. The van der Waals surface area contributed by atoms with Gasteiger partial charge in [0.05, 0.1) is 36.6 Å². The quantitative estimate of drug-likeness (QED) is 0.482. The number of non-ortho nitro benzene ring substituents is 1. The molecule has 0 radical (unpaired) electrons. The summed E-state index contributed by atoms with van der Waals surface area (Å²) >= 11 is 0. The molecule has 0 unspecified atom stereocenters. The van der Waals surface area contributed by atoms with Crippen molar-refractivity contribution >= 4 is 17.6 Å². The SMILES string of the molecule is COc1cc(O)c(/C=N\Nc2ccc([N+](=O)[O-])cc2)c(OC)c1. The zero-order chi connectivity index (χ0) is 16.8. The van der Waals surface area contributed by atoms with E-state index in [2.05, 4.69) is 10.5 Å². The molecule has 0 atom stereocenters. The Morgan fingerprint density at radius 1 is 1.22 bits per heavy atom. The van der Waals surface area contributed by atoms with Crippen LogP contribution in [0.4, 0.5) is 11.4 Å². The highest BCUT2D eigenvalue weighted by atomic mass is 16.6. The number of hydrazone groups is 1. The van der Waals surface area contributed by atoms with Gasteiger partial charge in [0.1, 0.15) is 17.2 Å². The van der Waals surface area contributed by atoms with Crippen LogP contribution in [0.3, 0.4) is 0 Å². The molecular formula is C15H15N3O5. The van der Waals surface area contributed by atoms with Gasteiger partial charge in [0, 0.05) is 24.3 Å². The largest absolute Gasteiger partial charge is 0.507 e. The molecule has 2 rings (SSSR count). The lowest BCUT2D eigenvalue weighted by atomic mass is 10.2. The molecule has 2 aromatic rings. The summed E-state index contributed by atoms with van der Waals surface area (Å²) in [5.41, 5.74) is 3.66. The van der Waals surface area contributed by atoms with Crippen LogP contribution in [0.15, 0.2) is 41.5 Å². The van der Waals surface area contributed by atoms with Gasteiger partial charge in [-0.2, -0.15) is 5.10 Å². The number of phenols is 1. The predicted molar refractivity (Wildman–Crippen MR) is 85.5 cm³/mol. The Morgan fingerprint density at radius 3 is 2.48 bits per heavy atom. The summed E-state index contributed by atoms with van der Waals surface area (Å²) in [7, 11) is 2.95.